The molecule has 0 atom stereocenters. The third-order valence-electron chi connectivity index (χ3n) is 4.24. The highest BCUT2D eigenvalue weighted by atomic mass is 32.2. The van der Waals surface area contributed by atoms with E-state index < -0.39 is 5.97 Å². The quantitative estimate of drug-likeness (QED) is 0.344. The molecule has 0 aliphatic carbocycles. The van der Waals surface area contributed by atoms with Crippen molar-refractivity contribution >= 4 is 34.4 Å². The van der Waals surface area contributed by atoms with Gasteiger partial charge in [0.15, 0.2) is 6.61 Å². The number of aromatic nitrogens is 1. The lowest BCUT2D eigenvalue weighted by Gasteiger charge is -2.05. The molecule has 4 nitrogen and oxygen atoms in total. The zero-order chi connectivity index (χ0) is 19.2. The van der Waals surface area contributed by atoms with E-state index in [0.717, 1.165) is 27.8 Å². The number of H-pyrrole nitrogens is 1. The molecule has 0 saturated heterocycles. The topological polar surface area (TPSA) is 59.2 Å². The second-order valence-electron chi connectivity index (χ2n) is 6.03. The van der Waals surface area contributed by atoms with E-state index in [-0.39, 0.29) is 24.6 Å². The summed E-state index contributed by atoms with van der Waals surface area (Å²) in [4.78, 5) is 28.3. The van der Waals surface area contributed by atoms with Crippen LogP contribution >= 0.6 is 11.8 Å². The Kier molecular flexibility index (Phi) is 6.29. The Morgan fingerprint density at radius 3 is 2.67 bits per heavy atom. The number of thioether (sulfide) groups is 1. The van der Waals surface area contributed by atoms with Crippen LogP contribution in [0.25, 0.3) is 10.9 Å². The first-order chi connectivity index (χ1) is 13.1. The highest BCUT2D eigenvalue weighted by Crippen LogP contribution is 2.23. The van der Waals surface area contributed by atoms with Crippen molar-refractivity contribution in [2.45, 2.75) is 24.7 Å². The highest BCUT2D eigenvalue weighted by Gasteiger charge is 2.15. The van der Waals surface area contributed by atoms with Crippen LogP contribution in [0.2, 0.25) is 0 Å². The van der Waals surface area contributed by atoms with Crippen LogP contribution in [-0.4, -0.2) is 29.1 Å². The van der Waals surface area contributed by atoms with Gasteiger partial charge in [0.2, 0.25) is 5.78 Å². The molecule has 27 heavy (non-hydrogen) atoms. The van der Waals surface area contributed by atoms with Crippen molar-refractivity contribution in [1.82, 2.24) is 4.98 Å². The van der Waals surface area contributed by atoms with E-state index >= 15 is 0 Å². The first-order valence-corrected chi connectivity index (χ1v) is 9.73. The van der Waals surface area contributed by atoms with Crippen molar-refractivity contribution in [3.8, 4) is 0 Å². The number of ketones is 1. The number of halogens is 1. The summed E-state index contributed by atoms with van der Waals surface area (Å²) in [6, 6.07) is 11.9. The largest absolute Gasteiger partial charge is 0.457 e. The Morgan fingerprint density at radius 1 is 1.15 bits per heavy atom. The van der Waals surface area contributed by atoms with E-state index in [0.29, 0.717) is 11.3 Å². The number of para-hydroxylation sites is 1. The number of rotatable bonds is 8. The lowest BCUT2D eigenvalue weighted by molar-refractivity contribution is -0.141. The van der Waals surface area contributed by atoms with Crippen molar-refractivity contribution in [2.24, 2.45) is 0 Å². The molecular weight excluding hydrogens is 365 g/mol. The van der Waals surface area contributed by atoms with E-state index in [9.17, 15) is 14.0 Å². The lowest BCUT2D eigenvalue weighted by atomic mass is 10.1. The molecule has 0 spiro atoms. The first-order valence-electron chi connectivity index (χ1n) is 8.74. The number of hydrogen-bond acceptors (Lipinski definition) is 4. The third kappa shape index (κ3) is 4.77. The van der Waals surface area contributed by atoms with Gasteiger partial charge >= 0.3 is 5.97 Å². The Morgan fingerprint density at radius 2 is 1.93 bits per heavy atom. The van der Waals surface area contributed by atoms with Crippen LogP contribution in [0.15, 0.2) is 53.6 Å². The summed E-state index contributed by atoms with van der Waals surface area (Å²) in [7, 11) is 0. The van der Waals surface area contributed by atoms with Crippen molar-refractivity contribution < 1.29 is 18.7 Å². The molecule has 0 fully saturated rings. The number of aromatic amines is 1. The highest BCUT2D eigenvalue weighted by molar-refractivity contribution is 7.99. The predicted octanol–water partition coefficient (Wildman–Crippen LogP) is 4.78. The van der Waals surface area contributed by atoms with Gasteiger partial charge < -0.3 is 9.72 Å². The van der Waals surface area contributed by atoms with Gasteiger partial charge in [0.25, 0.3) is 0 Å². The van der Waals surface area contributed by atoms with Crippen LogP contribution in [0, 0.1) is 5.82 Å². The van der Waals surface area contributed by atoms with Crippen molar-refractivity contribution in [2.75, 3.05) is 12.4 Å². The Hall–Kier alpha value is -2.60. The summed E-state index contributed by atoms with van der Waals surface area (Å²) in [5.74, 6) is -0.437. The van der Waals surface area contributed by atoms with Gasteiger partial charge in [-0.3, -0.25) is 9.59 Å². The van der Waals surface area contributed by atoms with E-state index in [1.54, 1.807) is 18.3 Å². The molecule has 3 aromatic rings. The van der Waals surface area contributed by atoms with Crippen LogP contribution in [0.1, 0.15) is 29.3 Å². The molecule has 0 amide bonds. The zero-order valence-corrected chi connectivity index (χ0v) is 15.8. The van der Waals surface area contributed by atoms with Gasteiger partial charge in [-0.15, -0.1) is 11.8 Å². The number of carbonyl (C=O) groups is 2. The third-order valence-corrected chi connectivity index (χ3v) is 5.25. The van der Waals surface area contributed by atoms with E-state index in [4.69, 9.17) is 4.74 Å². The average molecular weight is 385 g/mol. The maximum absolute atomic E-state index is 12.9. The molecule has 1 N–H and O–H groups in total. The minimum Gasteiger partial charge on any atom is -0.457 e. The molecule has 0 saturated carbocycles. The van der Waals surface area contributed by atoms with Gasteiger partial charge in [-0.25, -0.2) is 4.39 Å². The van der Waals surface area contributed by atoms with Gasteiger partial charge in [0.1, 0.15) is 5.82 Å². The maximum atomic E-state index is 12.9. The van der Waals surface area contributed by atoms with Gasteiger partial charge in [0, 0.05) is 33.3 Å². The predicted molar refractivity (Wildman–Crippen MR) is 105 cm³/mol. The molecule has 0 aliphatic heterocycles. The molecule has 0 aliphatic rings. The maximum Gasteiger partial charge on any atom is 0.307 e. The first kappa shape index (κ1) is 19.2. The number of Topliss-reactive ketones (excluding diaryl/α,β-unsaturated/α-hetero) is 1. The Bertz CT molecular complexity index is 950. The van der Waals surface area contributed by atoms with Crippen molar-refractivity contribution in [3.63, 3.8) is 0 Å². The number of benzene rings is 2. The summed E-state index contributed by atoms with van der Waals surface area (Å²) < 4.78 is 18.0. The van der Waals surface area contributed by atoms with Crippen LogP contribution in [-0.2, 0) is 16.0 Å². The number of aryl methyl sites for hydroxylation is 1. The Balaban J connectivity index is 1.50. The fourth-order valence-corrected chi connectivity index (χ4v) is 3.65. The smallest absolute Gasteiger partial charge is 0.307 e. The fourth-order valence-electron chi connectivity index (χ4n) is 2.82. The molecule has 1 heterocycles. The van der Waals surface area contributed by atoms with Crippen LogP contribution in [0.4, 0.5) is 4.39 Å². The molecule has 2 aromatic carbocycles. The molecule has 0 radical (unpaired) electrons. The molecule has 6 heteroatoms. The van der Waals surface area contributed by atoms with E-state index in [1.165, 1.54) is 23.9 Å². The lowest BCUT2D eigenvalue weighted by Crippen LogP contribution is -2.14. The van der Waals surface area contributed by atoms with E-state index in [2.05, 4.69) is 11.9 Å². The number of nitrogens with one attached hydrogen (secondary N) is 1. The normalized spacial score (nSPS) is 10.9. The number of esters is 1. The number of ether oxygens (including phenoxy) is 1. The van der Waals surface area contributed by atoms with Gasteiger partial charge in [-0.05, 0) is 36.2 Å². The van der Waals surface area contributed by atoms with Crippen molar-refractivity contribution in [1.29, 1.82) is 0 Å². The molecule has 0 bridgehead atoms. The molecule has 0 unspecified atom stereocenters. The van der Waals surface area contributed by atoms with Crippen LogP contribution in [0.5, 0.6) is 0 Å². The SMILES string of the molecule is CCc1cccc2c(C(=O)COC(=O)CCSc3ccc(F)cc3)c[nH]c12. The molecular formula is C21H20FNO3S. The standard InChI is InChI=1S/C21H20FNO3S/c1-2-14-4-3-5-17-18(12-23-21(14)17)19(24)13-26-20(25)10-11-27-16-8-6-15(22)7-9-16/h3-9,12,23H,2,10-11,13H2,1H3. The molecule has 140 valence electrons. The van der Waals surface area contributed by atoms with Gasteiger partial charge in [-0.2, -0.15) is 0 Å². The zero-order valence-electron chi connectivity index (χ0n) is 15.0. The number of hydrogen-bond donors (Lipinski definition) is 1. The minimum absolute atomic E-state index is 0.184. The number of fused-ring (bicyclic) bond motifs is 1. The summed E-state index contributed by atoms with van der Waals surface area (Å²) in [5.41, 5.74) is 2.63. The Labute approximate surface area is 161 Å². The number of carbonyl (C=O) groups excluding carboxylic acids is 2. The van der Waals surface area contributed by atoms with Crippen molar-refractivity contribution in [3.05, 3.63) is 65.6 Å². The summed E-state index contributed by atoms with van der Waals surface area (Å²) >= 11 is 1.44. The molecule has 3 rings (SSSR count). The fraction of sp³-hybridized carbons (Fsp3) is 0.238. The summed E-state index contributed by atoms with van der Waals surface area (Å²) in [6.07, 6.45) is 2.72. The van der Waals surface area contributed by atoms with Crippen LogP contribution < -0.4 is 0 Å². The molecule has 1 aromatic heterocycles. The monoisotopic (exact) mass is 385 g/mol. The second kappa shape index (κ2) is 8.86. The van der Waals surface area contributed by atoms with Gasteiger partial charge in [0.05, 0.1) is 6.42 Å². The average Bonchev–Trinajstić information content (AvgIpc) is 3.12. The summed E-state index contributed by atoms with van der Waals surface area (Å²) in [5, 5.41) is 0.849. The summed E-state index contributed by atoms with van der Waals surface area (Å²) in [6.45, 7) is 1.78. The minimum atomic E-state index is -0.424. The van der Waals surface area contributed by atoms with Crippen LogP contribution in [0.3, 0.4) is 0 Å². The van der Waals surface area contributed by atoms with Gasteiger partial charge in [-0.1, -0.05) is 25.1 Å². The second-order valence-corrected chi connectivity index (χ2v) is 7.20. The van der Waals surface area contributed by atoms with E-state index in [1.807, 2.05) is 18.2 Å².